The van der Waals surface area contributed by atoms with Gasteiger partial charge < -0.3 is 10.7 Å². The minimum Gasteiger partial charge on any atom is -0.395 e. The normalized spacial score (nSPS) is 11.5. The maximum atomic E-state index is 13.9. The monoisotopic (exact) mass is 285 g/mol. The molecule has 0 saturated carbocycles. The molecule has 104 valence electrons. The predicted octanol–water partition coefficient (Wildman–Crippen LogP) is 2.74. The van der Waals surface area contributed by atoms with Crippen molar-refractivity contribution >= 4 is 22.2 Å². The van der Waals surface area contributed by atoms with E-state index >= 15 is 0 Å². The molecule has 0 aliphatic carbocycles. The van der Waals surface area contributed by atoms with Gasteiger partial charge in [0.1, 0.15) is 11.5 Å². The number of nitrogens with one attached hydrogen (secondary N) is 1. The van der Waals surface area contributed by atoms with Gasteiger partial charge in [-0.3, -0.25) is 0 Å². The van der Waals surface area contributed by atoms with Gasteiger partial charge in [-0.15, -0.1) is 0 Å². The Labute approximate surface area is 117 Å². The van der Waals surface area contributed by atoms with Gasteiger partial charge in [-0.1, -0.05) is 0 Å². The van der Waals surface area contributed by atoms with Crippen LogP contribution in [0.4, 0.5) is 14.5 Å². The van der Waals surface area contributed by atoms with Crippen molar-refractivity contribution in [2.75, 3.05) is 5.73 Å². The fourth-order valence-electron chi connectivity index (χ4n) is 2.49. The molecule has 0 radical (unpaired) electrons. The largest absolute Gasteiger partial charge is 0.395 e. The van der Waals surface area contributed by atoms with Gasteiger partial charge >= 0.3 is 0 Å². The number of nitrogens with two attached hydrogens (primary N) is 1. The van der Waals surface area contributed by atoms with Crippen molar-refractivity contribution in [2.45, 2.75) is 0 Å². The number of H-pyrrole nitrogens is 1. The van der Waals surface area contributed by atoms with Gasteiger partial charge in [0.05, 0.1) is 23.6 Å². The number of aromatic amines is 1. The molecule has 0 amide bonds. The van der Waals surface area contributed by atoms with Crippen LogP contribution in [0, 0.1) is 11.8 Å². The number of rotatable bonds is 1. The molecule has 0 fully saturated rings. The number of hydrogen-bond donors (Lipinski definition) is 2. The average molecular weight is 285 g/mol. The third-order valence-electron chi connectivity index (χ3n) is 3.43. The van der Waals surface area contributed by atoms with Crippen molar-refractivity contribution in [3.63, 3.8) is 0 Å². The summed E-state index contributed by atoms with van der Waals surface area (Å²) < 4.78 is 28.5. The van der Waals surface area contributed by atoms with Crippen LogP contribution >= 0.6 is 0 Å². The van der Waals surface area contributed by atoms with E-state index in [1.807, 2.05) is 0 Å². The number of nitrogen functional groups attached to an aromatic ring is 1. The van der Waals surface area contributed by atoms with Crippen molar-refractivity contribution in [1.29, 1.82) is 0 Å². The molecule has 3 N–H and O–H groups in total. The molecule has 4 heterocycles. The molecular weight excluding hydrogens is 276 g/mol. The quantitative estimate of drug-likeness (QED) is 0.528. The van der Waals surface area contributed by atoms with E-state index in [4.69, 9.17) is 5.73 Å². The van der Waals surface area contributed by atoms with Crippen LogP contribution in [0.25, 0.3) is 27.7 Å². The SMILES string of the molecule is Nc1cc(-c2c[nH]c3ncc(F)cc23)c2ccnn2c1F. The summed E-state index contributed by atoms with van der Waals surface area (Å²) in [7, 11) is 0. The highest BCUT2D eigenvalue weighted by Gasteiger charge is 2.15. The van der Waals surface area contributed by atoms with Crippen LogP contribution in [0.5, 0.6) is 0 Å². The first-order valence-electron chi connectivity index (χ1n) is 6.20. The van der Waals surface area contributed by atoms with E-state index in [2.05, 4.69) is 15.1 Å². The number of halogens is 2. The third kappa shape index (κ3) is 1.60. The van der Waals surface area contributed by atoms with Gasteiger partial charge in [0.2, 0.25) is 5.95 Å². The minimum atomic E-state index is -0.622. The molecule has 0 aliphatic rings. The second-order valence-electron chi connectivity index (χ2n) is 4.68. The second-order valence-corrected chi connectivity index (χ2v) is 4.68. The number of fused-ring (bicyclic) bond motifs is 2. The lowest BCUT2D eigenvalue weighted by atomic mass is 10.1. The van der Waals surface area contributed by atoms with Gasteiger partial charge in [0, 0.05) is 22.7 Å². The van der Waals surface area contributed by atoms with Crippen molar-refractivity contribution in [3.05, 3.63) is 48.6 Å². The fourth-order valence-corrected chi connectivity index (χ4v) is 2.49. The molecule has 0 saturated heterocycles. The Morgan fingerprint density at radius 3 is 2.90 bits per heavy atom. The zero-order chi connectivity index (χ0) is 14.6. The van der Waals surface area contributed by atoms with Crippen molar-refractivity contribution in [3.8, 4) is 11.1 Å². The second kappa shape index (κ2) is 4.02. The zero-order valence-corrected chi connectivity index (χ0v) is 10.6. The number of aromatic nitrogens is 4. The molecule has 0 aromatic carbocycles. The van der Waals surface area contributed by atoms with Crippen molar-refractivity contribution in [2.24, 2.45) is 0 Å². The Bertz CT molecular complexity index is 986. The van der Waals surface area contributed by atoms with Crippen LogP contribution in [-0.4, -0.2) is 19.6 Å². The van der Waals surface area contributed by atoms with Crippen molar-refractivity contribution < 1.29 is 8.78 Å². The summed E-state index contributed by atoms with van der Waals surface area (Å²) in [5.41, 5.74) is 8.11. The number of pyridine rings is 2. The maximum absolute atomic E-state index is 13.9. The molecule has 0 atom stereocenters. The van der Waals surface area contributed by atoms with E-state index in [1.165, 1.54) is 18.3 Å². The topological polar surface area (TPSA) is 72.0 Å². The molecule has 5 nitrogen and oxygen atoms in total. The molecule has 0 unspecified atom stereocenters. The van der Waals surface area contributed by atoms with Gasteiger partial charge in [-0.2, -0.15) is 9.49 Å². The molecule has 4 aromatic heterocycles. The predicted molar refractivity (Wildman–Crippen MR) is 74.6 cm³/mol. The van der Waals surface area contributed by atoms with E-state index < -0.39 is 11.8 Å². The number of anilines is 1. The first-order chi connectivity index (χ1) is 10.1. The maximum Gasteiger partial charge on any atom is 0.237 e. The van der Waals surface area contributed by atoms with Gasteiger partial charge in [-0.05, 0) is 18.2 Å². The average Bonchev–Trinajstić information content (AvgIpc) is 3.09. The highest BCUT2D eigenvalue weighted by Crippen LogP contribution is 2.33. The van der Waals surface area contributed by atoms with Crippen LogP contribution in [0.1, 0.15) is 0 Å². The number of nitrogens with zero attached hydrogens (tertiary/aromatic N) is 3. The third-order valence-corrected chi connectivity index (χ3v) is 3.43. The van der Waals surface area contributed by atoms with Crippen LogP contribution in [-0.2, 0) is 0 Å². The fraction of sp³-hybridized carbons (Fsp3) is 0. The van der Waals surface area contributed by atoms with Crippen LogP contribution in [0.15, 0.2) is 36.8 Å². The van der Waals surface area contributed by atoms with Crippen molar-refractivity contribution in [1.82, 2.24) is 19.6 Å². The Morgan fingerprint density at radius 2 is 2.05 bits per heavy atom. The Balaban J connectivity index is 2.11. The number of hydrogen-bond acceptors (Lipinski definition) is 3. The van der Waals surface area contributed by atoms with E-state index in [-0.39, 0.29) is 5.69 Å². The molecule has 0 spiro atoms. The van der Waals surface area contributed by atoms with Crippen LogP contribution in [0.3, 0.4) is 0 Å². The summed E-state index contributed by atoms with van der Waals surface area (Å²) in [6, 6.07) is 4.56. The van der Waals surface area contributed by atoms with E-state index in [0.717, 1.165) is 10.7 Å². The van der Waals surface area contributed by atoms with Crippen LogP contribution in [0.2, 0.25) is 0 Å². The summed E-state index contributed by atoms with van der Waals surface area (Å²) >= 11 is 0. The molecule has 7 heteroatoms. The van der Waals surface area contributed by atoms with E-state index in [0.29, 0.717) is 27.7 Å². The van der Waals surface area contributed by atoms with Gasteiger partial charge in [0.15, 0.2) is 0 Å². The summed E-state index contributed by atoms with van der Waals surface area (Å²) in [4.78, 5) is 6.94. The molecule has 21 heavy (non-hydrogen) atoms. The molecule has 4 rings (SSSR count). The van der Waals surface area contributed by atoms with Crippen LogP contribution < -0.4 is 5.73 Å². The minimum absolute atomic E-state index is 0.0279. The summed E-state index contributed by atoms with van der Waals surface area (Å²) in [5.74, 6) is -1.06. The van der Waals surface area contributed by atoms with E-state index in [9.17, 15) is 8.78 Å². The lowest BCUT2D eigenvalue weighted by Gasteiger charge is -2.06. The highest BCUT2D eigenvalue weighted by atomic mass is 19.1. The molecule has 0 aliphatic heterocycles. The lowest BCUT2D eigenvalue weighted by Crippen LogP contribution is -2.02. The van der Waals surface area contributed by atoms with Gasteiger partial charge in [-0.25, -0.2) is 13.9 Å². The summed E-state index contributed by atoms with van der Waals surface area (Å²) in [5, 5.41) is 4.51. The Morgan fingerprint density at radius 1 is 1.19 bits per heavy atom. The highest BCUT2D eigenvalue weighted by molar-refractivity contribution is 5.98. The van der Waals surface area contributed by atoms with Gasteiger partial charge in [0.25, 0.3) is 0 Å². The summed E-state index contributed by atoms with van der Waals surface area (Å²) in [6.45, 7) is 0. The first-order valence-corrected chi connectivity index (χ1v) is 6.20. The summed E-state index contributed by atoms with van der Waals surface area (Å²) in [6.07, 6.45) is 4.31. The Hall–Kier alpha value is -2.96. The molecule has 0 bridgehead atoms. The smallest absolute Gasteiger partial charge is 0.237 e. The zero-order valence-electron chi connectivity index (χ0n) is 10.6. The lowest BCUT2D eigenvalue weighted by molar-refractivity contribution is 0.550. The standard InChI is InChI=1S/C14H9F2N5/c15-7-3-9-10(6-19-14(9)18-5-7)8-4-11(17)13(16)21-12(8)1-2-20-21/h1-6H,17H2,(H,18,19). The van der Waals surface area contributed by atoms with E-state index in [1.54, 1.807) is 12.3 Å². The Kier molecular flexibility index (Phi) is 2.26. The molecule has 4 aromatic rings. The molecular formula is C14H9F2N5. The first kappa shape index (κ1) is 11.8.